The molecule has 3 aromatic rings. The molecular weight excluding hydrogens is 304 g/mol. The summed E-state index contributed by atoms with van der Waals surface area (Å²) in [6, 6.07) is 3.77. The maximum Gasteiger partial charge on any atom is 0.200 e. The van der Waals surface area contributed by atoms with Gasteiger partial charge >= 0.3 is 0 Å². The van der Waals surface area contributed by atoms with E-state index in [1.807, 2.05) is 12.1 Å². The van der Waals surface area contributed by atoms with E-state index in [1.165, 1.54) is 10.4 Å². The van der Waals surface area contributed by atoms with Gasteiger partial charge < -0.3 is 4.42 Å². The highest BCUT2D eigenvalue weighted by Gasteiger charge is 2.16. The Morgan fingerprint density at radius 1 is 1.33 bits per heavy atom. The van der Waals surface area contributed by atoms with Crippen molar-refractivity contribution in [3.8, 4) is 11.6 Å². The van der Waals surface area contributed by atoms with Crippen molar-refractivity contribution in [2.24, 2.45) is 0 Å². The molecule has 110 valence electrons. The van der Waals surface area contributed by atoms with Crippen LogP contribution in [0.3, 0.4) is 0 Å². The van der Waals surface area contributed by atoms with Gasteiger partial charge in [0.2, 0.25) is 0 Å². The average molecular weight is 320 g/mol. The van der Waals surface area contributed by atoms with Crippen molar-refractivity contribution in [3.05, 3.63) is 34.5 Å². The molecule has 0 unspecified atom stereocenters. The van der Waals surface area contributed by atoms with Crippen molar-refractivity contribution in [1.82, 2.24) is 19.1 Å². The van der Waals surface area contributed by atoms with Gasteiger partial charge in [0, 0.05) is 17.2 Å². The normalized spacial score (nSPS) is 11.2. The molecule has 0 saturated carbocycles. The molecule has 0 aromatic carbocycles. The fourth-order valence-electron chi connectivity index (χ4n) is 2.11. The van der Waals surface area contributed by atoms with E-state index in [9.17, 15) is 0 Å². The largest absolute Gasteiger partial charge is 0.461 e. The van der Waals surface area contributed by atoms with Crippen LogP contribution >= 0.6 is 23.3 Å². The fourth-order valence-corrected chi connectivity index (χ4v) is 4.09. The first kappa shape index (κ1) is 14.3. The Kier molecular flexibility index (Phi) is 4.12. The molecule has 0 bridgehead atoms. The van der Waals surface area contributed by atoms with Crippen molar-refractivity contribution in [2.75, 3.05) is 0 Å². The maximum absolute atomic E-state index is 5.42. The summed E-state index contributed by atoms with van der Waals surface area (Å²) in [5, 5.41) is 9.47. The zero-order valence-electron chi connectivity index (χ0n) is 12.2. The molecule has 0 N–H and O–H groups in total. The summed E-state index contributed by atoms with van der Waals surface area (Å²) in [4.78, 5) is 1.27. The Morgan fingerprint density at radius 2 is 2.19 bits per heavy atom. The van der Waals surface area contributed by atoms with Gasteiger partial charge in [-0.15, -0.1) is 10.2 Å². The van der Waals surface area contributed by atoms with Gasteiger partial charge in [-0.2, -0.15) is 4.37 Å². The van der Waals surface area contributed by atoms with Crippen LogP contribution in [0.25, 0.3) is 11.6 Å². The van der Waals surface area contributed by atoms with Gasteiger partial charge in [-0.3, -0.25) is 4.57 Å². The number of hydrogen-bond acceptors (Lipinski definition) is 6. The number of hydrogen-bond donors (Lipinski definition) is 0. The fraction of sp³-hybridized carbons (Fsp3) is 0.357. The van der Waals surface area contributed by atoms with Gasteiger partial charge in [-0.1, -0.05) is 11.8 Å². The van der Waals surface area contributed by atoms with E-state index >= 15 is 0 Å². The molecule has 3 rings (SSSR count). The third-order valence-corrected chi connectivity index (χ3v) is 5.18. The Morgan fingerprint density at radius 3 is 2.81 bits per heavy atom. The Balaban J connectivity index is 1.83. The Hall–Kier alpha value is -1.60. The lowest BCUT2D eigenvalue weighted by molar-refractivity contribution is 0.567. The quantitative estimate of drug-likeness (QED) is 0.667. The molecule has 3 aromatic heterocycles. The van der Waals surface area contributed by atoms with E-state index in [4.69, 9.17) is 4.42 Å². The number of aromatic nitrogens is 4. The number of aryl methyl sites for hydroxylation is 2. The van der Waals surface area contributed by atoms with E-state index in [-0.39, 0.29) is 0 Å². The van der Waals surface area contributed by atoms with Crippen LogP contribution in [0.4, 0.5) is 0 Å². The zero-order valence-corrected chi connectivity index (χ0v) is 13.8. The van der Waals surface area contributed by atoms with Crippen LogP contribution in [0.5, 0.6) is 0 Å². The number of rotatable bonds is 5. The predicted octanol–water partition coefficient (Wildman–Crippen LogP) is 3.92. The molecule has 0 aliphatic carbocycles. The maximum atomic E-state index is 5.42. The average Bonchev–Trinajstić information content (AvgIpc) is 3.18. The minimum absolute atomic E-state index is 0.751. The first-order chi connectivity index (χ1) is 10.2. The molecule has 0 spiro atoms. The molecule has 0 fully saturated rings. The van der Waals surface area contributed by atoms with Gasteiger partial charge in [0.1, 0.15) is 0 Å². The third kappa shape index (κ3) is 2.75. The van der Waals surface area contributed by atoms with E-state index in [2.05, 4.69) is 39.9 Å². The smallest absolute Gasteiger partial charge is 0.200 e. The molecule has 21 heavy (non-hydrogen) atoms. The summed E-state index contributed by atoms with van der Waals surface area (Å²) in [6.45, 7) is 7.06. The van der Waals surface area contributed by atoms with Crippen LogP contribution in [0, 0.1) is 13.8 Å². The third-order valence-electron chi connectivity index (χ3n) is 3.30. The number of furan rings is 1. The van der Waals surface area contributed by atoms with Crippen molar-refractivity contribution >= 4 is 23.3 Å². The minimum Gasteiger partial charge on any atom is -0.461 e. The van der Waals surface area contributed by atoms with Crippen LogP contribution in [-0.4, -0.2) is 19.1 Å². The lowest BCUT2D eigenvalue weighted by Gasteiger charge is -2.06. The van der Waals surface area contributed by atoms with Gasteiger partial charge in [-0.25, -0.2) is 0 Å². The molecule has 0 saturated heterocycles. The highest BCUT2D eigenvalue weighted by atomic mass is 32.2. The van der Waals surface area contributed by atoms with E-state index in [0.29, 0.717) is 0 Å². The molecule has 0 radical (unpaired) electrons. The van der Waals surface area contributed by atoms with E-state index < -0.39 is 0 Å². The van der Waals surface area contributed by atoms with Crippen molar-refractivity contribution in [1.29, 1.82) is 0 Å². The van der Waals surface area contributed by atoms with Crippen LogP contribution in [0.15, 0.2) is 28.0 Å². The lowest BCUT2D eigenvalue weighted by Crippen LogP contribution is -1.99. The summed E-state index contributed by atoms with van der Waals surface area (Å²) in [6.07, 6.45) is 1.65. The molecule has 5 nitrogen and oxygen atoms in total. The number of thioether (sulfide) groups is 1. The summed E-state index contributed by atoms with van der Waals surface area (Å²) in [7, 11) is 0. The van der Waals surface area contributed by atoms with Crippen molar-refractivity contribution < 1.29 is 4.42 Å². The number of nitrogens with zero attached hydrogens (tertiary/aromatic N) is 4. The molecule has 7 heteroatoms. The van der Waals surface area contributed by atoms with Gasteiger partial charge in [0.25, 0.3) is 0 Å². The van der Waals surface area contributed by atoms with Crippen LogP contribution in [-0.2, 0) is 12.3 Å². The van der Waals surface area contributed by atoms with Crippen molar-refractivity contribution in [3.63, 3.8) is 0 Å². The predicted molar refractivity (Wildman–Crippen MR) is 84.5 cm³/mol. The lowest BCUT2D eigenvalue weighted by atomic mass is 10.2. The van der Waals surface area contributed by atoms with Gasteiger partial charge in [0.15, 0.2) is 16.7 Å². The SMILES string of the molecule is CCn1c(SCc2c(C)nsc2C)nnc1-c1ccco1. The molecular formula is C14H16N4OS2. The second-order valence-electron chi connectivity index (χ2n) is 4.62. The van der Waals surface area contributed by atoms with E-state index in [1.54, 1.807) is 29.6 Å². The van der Waals surface area contributed by atoms with E-state index in [0.717, 1.165) is 34.7 Å². The summed E-state index contributed by atoms with van der Waals surface area (Å²) in [5.41, 5.74) is 2.41. The first-order valence-electron chi connectivity index (χ1n) is 6.72. The standard InChI is InChI=1S/C14H16N4OS2/c1-4-18-13(12-6-5-7-19-12)15-16-14(18)20-8-11-9(2)17-21-10(11)3/h5-7H,4,8H2,1-3H3. The molecule has 0 aliphatic rings. The molecule has 0 amide bonds. The van der Waals surface area contributed by atoms with Crippen LogP contribution in [0.1, 0.15) is 23.1 Å². The monoisotopic (exact) mass is 320 g/mol. The second kappa shape index (κ2) is 6.03. The highest BCUT2D eigenvalue weighted by Crippen LogP contribution is 2.29. The Bertz CT molecular complexity index is 711. The summed E-state index contributed by atoms with van der Waals surface area (Å²) < 4.78 is 11.9. The molecule has 0 atom stereocenters. The molecule has 3 heterocycles. The van der Waals surface area contributed by atoms with Crippen molar-refractivity contribution in [2.45, 2.75) is 38.2 Å². The summed E-state index contributed by atoms with van der Waals surface area (Å²) in [5.74, 6) is 2.40. The van der Waals surface area contributed by atoms with Crippen LogP contribution < -0.4 is 0 Å². The zero-order chi connectivity index (χ0) is 14.8. The van der Waals surface area contributed by atoms with Gasteiger partial charge in [0.05, 0.1) is 12.0 Å². The minimum atomic E-state index is 0.751. The van der Waals surface area contributed by atoms with Gasteiger partial charge in [-0.05, 0) is 50.0 Å². The Labute approximate surface area is 131 Å². The first-order valence-corrected chi connectivity index (χ1v) is 8.48. The highest BCUT2D eigenvalue weighted by molar-refractivity contribution is 7.98. The molecule has 0 aliphatic heterocycles. The summed E-state index contributed by atoms with van der Waals surface area (Å²) >= 11 is 3.25. The topological polar surface area (TPSA) is 56.7 Å². The van der Waals surface area contributed by atoms with Crippen LogP contribution in [0.2, 0.25) is 0 Å². The second-order valence-corrected chi connectivity index (χ2v) is 6.54.